The van der Waals surface area contributed by atoms with Gasteiger partial charge >= 0.3 is 0 Å². The molecule has 1 aromatic rings. The Bertz CT molecular complexity index is 449. The summed E-state index contributed by atoms with van der Waals surface area (Å²) in [7, 11) is 0. The highest BCUT2D eigenvalue weighted by molar-refractivity contribution is 8.93. The molecule has 2 atom stereocenters. The number of nitrogens with one attached hydrogen (secondary N) is 1. The van der Waals surface area contributed by atoms with Gasteiger partial charge in [0.15, 0.2) is 0 Å². The molecule has 2 aliphatic heterocycles. The highest BCUT2D eigenvalue weighted by atomic mass is 79.9. The smallest absolute Gasteiger partial charge is 0.285 e. The SMILES string of the molecule is Br.Cc1cccc([C@H]2OC(=N)N3CCCC[C@@H]23)c1. The van der Waals surface area contributed by atoms with Crippen molar-refractivity contribution in [3.63, 3.8) is 0 Å². The number of rotatable bonds is 1. The van der Waals surface area contributed by atoms with Crippen molar-refractivity contribution in [3.05, 3.63) is 35.4 Å². The van der Waals surface area contributed by atoms with Crippen LogP contribution < -0.4 is 0 Å². The zero-order valence-corrected chi connectivity index (χ0v) is 12.3. The average Bonchev–Trinajstić information content (AvgIpc) is 2.68. The van der Waals surface area contributed by atoms with Crippen molar-refractivity contribution in [1.82, 2.24) is 4.90 Å². The largest absolute Gasteiger partial charge is 0.455 e. The molecule has 0 aliphatic carbocycles. The van der Waals surface area contributed by atoms with E-state index >= 15 is 0 Å². The molecule has 18 heavy (non-hydrogen) atoms. The Labute approximate surface area is 118 Å². The molecule has 2 saturated heterocycles. The molecule has 4 heteroatoms. The molecule has 2 fully saturated rings. The van der Waals surface area contributed by atoms with Crippen LogP contribution >= 0.6 is 17.0 Å². The quantitative estimate of drug-likeness (QED) is 0.862. The van der Waals surface area contributed by atoms with Gasteiger partial charge in [-0.15, -0.1) is 17.0 Å². The summed E-state index contributed by atoms with van der Waals surface area (Å²) in [4.78, 5) is 2.12. The highest BCUT2D eigenvalue weighted by Gasteiger charge is 2.41. The monoisotopic (exact) mass is 310 g/mol. The van der Waals surface area contributed by atoms with Gasteiger partial charge in [-0.25, -0.2) is 0 Å². The molecule has 0 saturated carbocycles. The first kappa shape index (κ1) is 13.4. The summed E-state index contributed by atoms with van der Waals surface area (Å²) < 4.78 is 5.76. The molecule has 0 unspecified atom stereocenters. The second-order valence-electron chi connectivity index (χ2n) is 5.01. The third-order valence-electron chi connectivity index (χ3n) is 3.77. The summed E-state index contributed by atoms with van der Waals surface area (Å²) in [5.41, 5.74) is 2.47. The lowest BCUT2D eigenvalue weighted by Crippen LogP contribution is -2.38. The number of piperidine rings is 1. The Morgan fingerprint density at radius 2 is 2.17 bits per heavy atom. The van der Waals surface area contributed by atoms with E-state index in [-0.39, 0.29) is 23.1 Å². The van der Waals surface area contributed by atoms with Crippen LogP contribution in [0, 0.1) is 12.3 Å². The highest BCUT2D eigenvalue weighted by Crippen LogP contribution is 2.37. The first-order valence-electron chi connectivity index (χ1n) is 6.34. The molecule has 3 nitrogen and oxygen atoms in total. The van der Waals surface area contributed by atoms with E-state index in [2.05, 4.69) is 36.1 Å². The number of hydrogen-bond acceptors (Lipinski definition) is 2. The lowest BCUT2D eigenvalue weighted by Gasteiger charge is -2.29. The van der Waals surface area contributed by atoms with Gasteiger partial charge in [0.2, 0.25) is 0 Å². The van der Waals surface area contributed by atoms with Crippen LogP contribution in [-0.2, 0) is 4.74 Å². The van der Waals surface area contributed by atoms with E-state index in [0.29, 0.717) is 12.1 Å². The summed E-state index contributed by atoms with van der Waals surface area (Å²) in [5.74, 6) is 0. The van der Waals surface area contributed by atoms with Gasteiger partial charge in [0.05, 0.1) is 6.04 Å². The van der Waals surface area contributed by atoms with E-state index in [4.69, 9.17) is 10.1 Å². The molecule has 3 rings (SSSR count). The van der Waals surface area contributed by atoms with Crippen LogP contribution in [0.15, 0.2) is 24.3 Å². The topological polar surface area (TPSA) is 36.3 Å². The van der Waals surface area contributed by atoms with E-state index in [1.165, 1.54) is 24.0 Å². The van der Waals surface area contributed by atoms with Gasteiger partial charge in [-0.3, -0.25) is 5.41 Å². The fourth-order valence-corrected chi connectivity index (χ4v) is 2.93. The van der Waals surface area contributed by atoms with Crippen molar-refractivity contribution in [2.24, 2.45) is 0 Å². The molecule has 2 heterocycles. The number of hydrogen-bond donors (Lipinski definition) is 1. The van der Waals surface area contributed by atoms with E-state index in [1.807, 2.05) is 0 Å². The van der Waals surface area contributed by atoms with Crippen LogP contribution in [-0.4, -0.2) is 23.5 Å². The van der Waals surface area contributed by atoms with Crippen LogP contribution in [0.2, 0.25) is 0 Å². The van der Waals surface area contributed by atoms with Crippen LogP contribution in [0.25, 0.3) is 0 Å². The Kier molecular flexibility index (Phi) is 3.95. The number of nitrogens with zero attached hydrogens (tertiary/aromatic N) is 1. The van der Waals surface area contributed by atoms with Crippen molar-refractivity contribution in [1.29, 1.82) is 5.41 Å². The Hall–Kier alpha value is -1.03. The first-order valence-corrected chi connectivity index (χ1v) is 6.34. The number of halogens is 1. The molecule has 0 amide bonds. The number of aryl methyl sites for hydroxylation is 1. The molecule has 0 spiro atoms. The first-order chi connectivity index (χ1) is 8.25. The van der Waals surface area contributed by atoms with E-state index < -0.39 is 0 Å². The maximum absolute atomic E-state index is 7.91. The van der Waals surface area contributed by atoms with Gasteiger partial charge in [-0.05, 0) is 31.7 Å². The lowest BCUT2D eigenvalue weighted by molar-refractivity contribution is 0.167. The minimum absolute atomic E-state index is 0. The van der Waals surface area contributed by atoms with Crippen molar-refractivity contribution in [2.45, 2.75) is 38.3 Å². The molecule has 1 aromatic carbocycles. The molecule has 0 aromatic heterocycles. The minimum Gasteiger partial charge on any atom is -0.455 e. The maximum Gasteiger partial charge on any atom is 0.285 e. The number of fused-ring (bicyclic) bond motifs is 1. The third kappa shape index (κ3) is 2.26. The molecule has 1 N–H and O–H groups in total. The molecular weight excluding hydrogens is 292 g/mol. The summed E-state index contributed by atoms with van der Waals surface area (Å²) >= 11 is 0. The van der Waals surface area contributed by atoms with Gasteiger partial charge in [-0.1, -0.05) is 29.8 Å². The Balaban J connectivity index is 0.00000120. The second kappa shape index (κ2) is 5.31. The van der Waals surface area contributed by atoms with Crippen LogP contribution in [0.5, 0.6) is 0 Å². The summed E-state index contributed by atoms with van der Waals surface area (Å²) in [6, 6.07) is 9.20. The zero-order chi connectivity index (χ0) is 11.8. The zero-order valence-electron chi connectivity index (χ0n) is 10.6. The van der Waals surface area contributed by atoms with Crippen molar-refractivity contribution >= 4 is 23.0 Å². The fourth-order valence-electron chi connectivity index (χ4n) is 2.93. The van der Waals surface area contributed by atoms with Gasteiger partial charge < -0.3 is 9.64 Å². The van der Waals surface area contributed by atoms with Crippen LogP contribution in [0.1, 0.15) is 36.5 Å². The van der Waals surface area contributed by atoms with E-state index in [9.17, 15) is 0 Å². The predicted octanol–water partition coefficient (Wildman–Crippen LogP) is 3.43. The number of ether oxygens (including phenoxy) is 1. The van der Waals surface area contributed by atoms with Gasteiger partial charge in [0.25, 0.3) is 6.02 Å². The van der Waals surface area contributed by atoms with Crippen molar-refractivity contribution in [3.8, 4) is 0 Å². The predicted molar refractivity (Wildman–Crippen MR) is 77.4 cm³/mol. The van der Waals surface area contributed by atoms with E-state index in [0.717, 1.165) is 13.0 Å². The van der Waals surface area contributed by atoms with Gasteiger partial charge in [-0.2, -0.15) is 0 Å². The molecule has 0 bridgehead atoms. The number of amidine groups is 1. The second-order valence-corrected chi connectivity index (χ2v) is 5.01. The molecule has 2 aliphatic rings. The lowest BCUT2D eigenvalue weighted by atomic mass is 9.94. The van der Waals surface area contributed by atoms with Crippen LogP contribution in [0.3, 0.4) is 0 Å². The maximum atomic E-state index is 7.91. The standard InChI is InChI=1S/C14H18N2O.BrH/c1-10-5-4-6-11(9-10)13-12-7-2-3-8-16(12)14(15)17-13;/h4-6,9,12-13,15H,2-3,7-8H2,1H3;1H/t12-,13+;/m0./s1. The number of benzene rings is 1. The molecular formula is C14H19BrN2O. The normalized spacial score (nSPS) is 26.3. The van der Waals surface area contributed by atoms with E-state index in [1.54, 1.807) is 0 Å². The summed E-state index contributed by atoms with van der Waals surface area (Å²) in [5, 5.41) is 7.91. The van der Waals surface area contributed by atoms with Crippen LogP contribution in [0.4, 0.5) is 0 Å². The summed E-state index contributed by atoms with van der Waals surface area (Å²) in [6.45, 7) is 3.08. The average molecular weight is 311 g/mol. The molecule has 0 radical (unpaired) electrons. The Morgan fingerprint density at radius 3 is 2.94 bits per heavy atom. The summed E-state index contributed by atoms with van der Waals surface area (Å²) in [6.07, 6.45) is 3.63. The minimum atomic E-state index is 0. The van der Waals surface area contributed by atoms with Crippen molar-refractivity contribution in [2.75, 3.05) is 6.54 Å². The van der Waals surface area contributed by atoms with Crippen molar-refractivity contribution < 1.29 is 4.74 Å². The van der Waals surface area contributed by atoms with Gasteiger partial charge in [0, 0.05) is 6.54 Å². The molecule has 98 valence electrons. The Morgan fingerprint density at radius 1 is 1.33 bits per heavy atom. The fraction of sp³-hybridized carbons (Fsp3) is 0.500. The third-order valence-corrected chi connectivity index (χ3v) is 3.77. The van der Waals surface area contributed by atoms with Gasteiger partial charge in [0.1, 0.15) is 6.10 Å².